The number of methoxy groups -OCH3 is 1. The Balaban J connectivity index is 3.35. The lowest BCUT2D eigenvalue weighted by Crippen LogP contribution is -2.51. The fourth-order valence-electron chi connectivity index (χ4n) is 4.82. The highest BCUT2D eigenvalue weighted by atomic mass is 16.7. The van der Waals surface area contributed by atoms with Crippen LogP contribution in [-0.4, -0.2) is 89.2 Å². The largest absolute Gasteiger partial charge is 0.462 e. The van der Waals surface area contributed by atoms with E-state index in [-0.39, 0.29) is 13.2 Å². The van der Waals surface area contributed by atoms with Crippen LogP contribution >= 0.6 is 0 Å². The highest BCUT2D eigenvalue weighted by Gasteiger charge is 2.44. The third-order valence-electron chi connectivity index (χ3n) is 7.29. The molecule has 10 atom stereocenters. The number of hydrogen-bond acceptors (Lipinski definition) is 10. The number of esters is 1. The van der Waals surface area contributed by atoms with E-state index in [2.05, 4.69) is 5.16 Å². The lowest BCUT2D eigenvalue weighted by atomic mass is 9.74. The summed E-state index contributed by atoms with van der Waals surface area (Å²) in [6, 6.07) is 0. The van der Waals surface area contributed by atoms with Crippen molar-refractivity contribution in [2.45, 2.75) is 91.3 Å². The van der Waals surface area contributed by atoms with Crippen LogP contribution < -0.4 is 0 Å². The number of cyclic esters (lactones) is 1. The second-order valence-electron chi connectivity index (χ2n) is 10.2. The van der Waals surface area contributed by atoms with Crippen LogP contribution in [0.25, 0.3) is 0 Å². The molecule has 1 fully saturated rings. The summed E-state index contributed by atoms with van der Waals surface area (Å²) < 4.78 is 15.9. The summed E-state index contributed by atoms with van der Waals surface area (Å²) in [6.45, 7) is 12.5. The highest BCUT2D eigenvalue weighted by Crippen LogP contribution is 2.33. The molecule has 1 heterocycles. The van der Waals surface area contributed by atoms with Crippen LogP contribution in [0.3, 0.4) is 0 Å². The molecular weight excluding hydrogens is 458 g/mol. The summed E-state index contributed by atoms with van der Waals surface area (Å²) in [5.41, 5.74) is -1.14. The predicted molar refractivity (Wildman–Crippen MR) is 130 cm³/mol. The summed E-state index contributed by atoms with van der Waals surface area (Å²) in [4.78, 5) is 18.2. The molecule has 1 aliphatic heterocycles. The van der Waals surface area contributed by atoms with Crippen molar-refractivity contribution in [1.29, 1.82) is 0 Å². The molecule has 0 amide bonds. The fourth-order valence-corrected chi connectivity index (χ4v) is 4.82. The second kappa shape index (κ2) is 14.4. The van der Waals surface area contributed by atoms with Crippen molar-refractivity contribution in [3.05, 3.63) is 0 Å². The lowest BCUT2D eigenvalue weighted by Gasteiger charge is -2.40. The molecule has 4 N–H and O–H groups in total. The standard InChI is InChI=1S/C25H47NO9/c1-9-19-15(3)21(27)16(4)20(26-34-13-33-11-10-32-8)14(2)12-25(7,31)23(29)17(5)22(28)18(6)24(30)35-19/h14-19,21-23,27-29,31H,9-13H2,1-8H3/b26-20+/t14-,15+,16+,17+,18-,19-,21+,22+,23-,25-/m1/s1. The molecule has 0 aliphatic carbocycles. The van der Waals surface area contributed by atoms with Gasteiger partial charge < -0.3 is 39.5 Å². The Kier molecular flexibility index (Phi) is 13.1. The number of oxime groups is 1. The Labute approximate surface area is 209 Å². The van der Waals surface area contributed by atoms with Gasteiger partial charge in [0.25, 0.3) is 0 Å². The number of nitrogens with zero attached hydrogens (tertiary/aromatic N) is 1. The van der Waals surface area contributed by atoms with Crippen molar-refractivity contribution in [3.63, 3.8) is 0 Å². The fraction of sp³-hybridized carbons (Fsp3) is 0.920. The average Bonchev–Trinajstić information content (AvgIpc) is 2.82. The zero-order valence-corrected chi connectivity index (χ0v) is 22.5. The zero-order valence-electron chi connectivity index (χ0n) is 22.5. The van der Waals surface area contributed by atoms with E-state index in [4.69, 9.17) is 19.0 Å². The first-order valence-electron chi connectivity index (χ1n) is 12.5. The lowest BCUT2D eigenvalue weighted by molar-refractivity contribution is -0.169. The molecule has 0 saturated carbocycles. The molecule has 0 aromatic heterocycles. The van der Waals surface area contributed by atoms with E-state index in [9.17, 15) is 25.2 Å². The molecule has 0 aromatic carbocycles. The second-order valence-corrected chi connectivity index (χ2v) is 10.2. The molecule has 10 heteroatoms. The number of carbonyl (C=O) groups is 1. The van der Waals surface area contributed by atoms with Gasteiger partial charge in [0.2, 0.25) is 6.79 Å². The van der Waals surface area contributed by atoms with Gasteiger partial charge in [-0.25, -0.2) is 0 Å². The summed E-state index contributed by atoms with van der Waals surface area (Å²) in [5, 5.41) is 48.3. The van der Waals surface area contributed by atoms with Crippen molar-refractivity contribution in [2.24, 2.45) is 34.7 Å². The quantitative estimate of drug-likeness (QED) is 0.176. The first-order chi connectivity index (χ1) is 16.3. The van der Waals surface area contributed by atoms with E-state index < -0.39 is 65.6 Å². The number of rotatable bonds is 7. The van der Waals surface area contributed by atoms with Gasteiger partial charge in [0.05, 0.1) is 48.8 Å². The molecule has 35 heavy (non-hydrogen) atoms. The van der Waals surface area contributed by atoms with Gasteiger partial charge in [0.15, 0.2) is 0 Å². The maximum absolute atomic E-state index is 12.8. The molecule has 206 valence electrons. The molecule has 0 aromatic rings. The molecule has 0 unspecified atom stereocenters. The maximum atomic E-state index is 12.8. The highest BCUT2D eigenvalue weighted by molar-refractivity contribution is 5.88. The van der Waals surface area contributed by atoms with Crippen LogP contribution in [-0.2, 0) is 23.8 Å². The molecular formula is C25H47NO9. The summed E-state index contributed by atoms with van der Waals surface area (Å²) in [7, 11) is 1.56. The predicted octanol–water partition coefficient (Wildman–Crippen LogP) is 1.72. The Morgan fingerprint density at radius 1 is 1.03 bits per heavy atom. The number of aliphatic hydroxyl groups excluding tert-OH is 3. The van der Waals surface area contributed by atoms with Gasteiger partial charge in [0, 0.05) is 30.8 Å². The molecule has 0 bridgehead atoms. The van der Waals surface area contributed by atoms with E-state index in [1.807, 2.05) is 13.8 Å². The van der Waals surface area contributed by atoms with E-state index in [0.29, 0.717) is 25.3 Å². The van der Waals surface area contributed by atoms with Crippen molar-refractivity contribution in [2.75, 3.05) is 27.1 Å². The van der Waals surface area contributed by atoms with Gasteiger partial charge in [-0.15, -0.1) is 0 Å². The normalized spacial score (nSPS) is 41.3. The monoisotopic (exact) mass is 505 g/mol. The van der Waals surface area contributed by atoms with E-state index in [1.54, 1.807) is 27.9 Å². The minimum Gasteiger partial charge on any atom is -0.462 e. The van der Waals surface area contributed by atoms with Crippen LogP contribution in [0.15, 0.2) is 5.16 Å². The minimum absolute atomic E-state index is 0.0828. The smallest absolute Gasteiger partial charge is 0.311 e. The number of hydrogen-bond donors (Lipinski definition) is 4. The van der Waals surface area contributed by atoms with Crippen LogP contribution in [0.5, 0.6) is 0 Å². The Bertz CT molecular complexity index is 671. The number of carbonyl (C=O) groups excluding carboxylic acids is 1. The van der Waals surface area contributed by atoms with Crippen molar-refractivity contribution >= 4 is 11.7 Å². The van der Waals surface area contributed by atoms with Crippen molar-refractivity contribution < 1.29 is 44.3 Å². The van der Waals surface area contributed by atoms with Crippen LogP contribution in [0.2, 0.25) is 0 Å². The first kappa shape index (κ1) is 31.7. The number of ether oxygens (including phenoxy) is 3. The van der Waals surface area contributed by atoms with Gasteiger partial charge in [0.1, 0.15) is 6.10 Å². The van der Waals surface area contributed by atoms with Gasteiger partial charge in [-0.1, -0.05) is 39.8 Å². The van der Waals surface area contributed by atoms with E-state index in [1.165, 1.54) is 13.8 Å². The molecule has 10 nitrogen and oxygen atoms in total. The van der Waals surface area contributed by atoms with E-state index in [0.717, 1.165) is 0 Å². The van der Waals surface area contributed by atoms with Crippen LogP contribution in [0.4, 0.5) is 0 Å². The number of aliphatic hydroxyl groups is 4. The SMILES string of the molecule is CC[C@H]1OC(=O)[C@H](C)[C@@H](O)[C@H](C)[C@@H](O)[C@](C)(O)C[C@@H](C)/C(=N\OCOCCOC)[C@H](C)[C@@H](O)[C@H]1C. The van der Waals surface area contributed by atoms with Gasteiger partial charge in [-0.3, -0.25) is 4.79 Å². The van der Waals surface area contributed by atoms with E-state index >= 15 is 0 Å². The Morgan fingerprint density at radius 2 is 1.63 bits per heavy atom. The third-order valence-corrected chi connectivity index (χ3v) is 7.29. The molecule has 1 aliphatic rings. The Hall–Kier alpha value is -1.30. The molecule has 1 saturated heterocycles. The summed E-state index contributed by atoms with van der Waals surface area (Å²) in [6.07, 6.45) is -3.55. The van der Waals surface area contributed by atoms with Crippen LogP contribution in [0, 0.1) is 29.6 Å². The molecule has 0 spiro atoms. The van der Waals surface area contributed by atoms with Gasteiger partial charge in [-0.05, 0) is 26.7 Å². The van der Waals surface area contributed by atoms with Gasteiger partial charge in [-0.2, -0.15) is 0 Å². The van der Waals surface area contributed by atoms with Crippen molar-refractivity contribution in [3.8, 4) is 0 Å². The topological polar surface area (TPSA) is 147 Å². The molecule has 1 rings (SSSR count). The maximum Gasteiger partial charge on any atom is 0.311 e. The summed E-state index contributed by atoms with van der Waals surface area (Å²) >= 11 is 0. The summed E-state index contributed by atoms with van der Waals surface area (Å²) in [5.74, 6) is -3.70. The third kappa shape index (κ3) is 8.65. The molecule has 0 radical (unpaired) electrons. The minimum atomic E-state index is -1.62. The van der Waals surface area contributed by atoms with Gasteiger partial charge >= 0.3 is 5.97 Å². The first-order valence-corrected chi connectivity index (χ1v) is 12.5. The Morgan fingerprint density at radius 3 is 2.20 bits per heavy atom. The average molecular weight is 506 g/mol. The zero-order chi connectivity index (χ0) is 26.9. The van der Waals surface area contributed by atoms with Crippen LogP contribution in [0.1, 0.15) is 61.3 Å². The van der Waals surface area contributed by atoms with Crippen molar-refractivity contribution in [1.82, 2.24) is 0 Å².